The van der Waals surface area contributed by atoms with Crippen molar-refractivity contribution in [2.45, 2.75) is 43.5 Å². The molecule has 1 atom stereocenters. The average Bonchev–Trinajstić information content (AvgIpc) is 3.15. The van der Waals surface area contributed by atoms with Gasteiger partial charge in [0.15, 0.2) is 5.78 Å². The quantitative estimate of drug-likeness (QED) is 0.456. The molecule has 3 aromatic rings. The molecule has 1 aromatic heterocycles. The fourth-order valence-corrected chi connectivity index (χ4v) is 3.60. The van der Waals surface area contributed by atoms with E-state index in [2.05, 4.69) is 36.3 Å². The summed E-state index contributed by atoms with van der Waals surface area (Å²) in [4.78, 5) is 12.8. The van der Waals surface area contributed by atoms with Crippen LogP contribution in [0.3, 0.4) is 0 Å². The van der Waals surface area contributed by atoms with Gasteiger partial charge in [0.1, 0.15) is 5.75 Å². The molecule has 0 aliphatic heterocycles. The molecule has 28 heavy (non-hydrogen) atoms. The van der Waals surface area contributed by atoms with Crippen LogP contribution < -0.4 is 4.74 Å². The van der Waals surface area contributed by atoms with Crippen LogP contribution in [0.5, 0.6) is 5.75 Å². The normalized spacial score (nSPS) is 12.6. The Morgan fingerprint density at radius 3 is 2.29 bits per heavy atom. The van der Waals surface area contributed by atoms with Crippen molar-refractivity contribution >= 4 is 17.5 Å². The largest absolute Gasteiger partial charge is 0.497 e. The van der Waals surface area contributed by atoms with Crippen LogP contribution in [-0.4, -0.2) is 38.4 Å². The zero-order valence-corrected chi connectivity index (χ0v) is 17.5. The van der Waals surface area contributed by atoms with E-state index in [0.29, 0.717) is 10.7 Å². The highest BCUT2D eigenvalue weighted by atomic mass is 32.2. The summed E-state index contributed by atoms with van der Waals surface area (Å²) in [5.74, 6) is 0.808. The van der Waals surface area contributed by atoms with Gasteiger partial charge in [-0.05, 0) is 52.6 Å². The Labute approximate surface area is 169 Å². The lowest BCUT2D eigenvalue weighted by Gasteiger charge is -2.19. The Kier molecular flexibility index (Phi) is 5.84. The SMILES string of the molecule is COc1ccc(-n2nnnc2S[C@H](C)C(=O)c2ccc(C(C)(C)C)cc2)cc1. The predicted octanol–water partition coefficient (Wildman–Crippen LogP) is 4.33. The van der Waals surface area contributed by atoms with E-state index in [1.54, 1.807) is 11.8 Å². The Bertz CT molecular complexity index is 944. The van der Waals surface area contributed by atoms with E-state index < -0.39 is 0 Å². The van der Waals surface area contributed by atoms with E-state index >= 15 is 0 Å². The van der Waals surface area contributed by atoms with Crippen LogP contribution in [0.15, 0.2) is 53.7 Å². The van der Waals surface area contributed by atoms with E-state index in [4.69, 9.17) is 4.74 Å². The third-order valence-corrected chi connectivity index (χ3v) is 5.48. The van der Waals surface area contributed by atoms with Gasteiger partial charge in [-0.15, -0.1) is 5.10 Å². The fourth-order valence-electron chi connectivity index (χ4n) is 2.72. The lowest BCUT2D eigenvalue weighted by Crippen LogP contribution is -2.16. The minimum atomic E-state index is -0.316. The first-order valence-corrected chi connectivity index (χ1v) is 9.92. The minimum Gasteiger partial charge on any atom is -0.497 e. The number of carbonyl (C=O) groups excluding carboxylic acids is 1. The van der Waals surface area contributed by atoms with Gasteiger partial charge in [0.05, 0.1) is 18.0 Å². The van der Waals surface area contributed by atoms with Crippen LogP contribution in [0.2, 0.25) is 0 Å². The first-order chi connectivity index (χ1) is 13.3. The van der Waals surface area contributed by atoms with Gasteiger partial charge in [0.2, 0.25) is 5.16 Å². The number of aromatic nitrogens is 4. The maximum absolute atomic E-state index is 12.8. The number of ether oxygens (including phenoxy) is 1. The number of benzene rings is 2. The molecule has 3 rings (SSSR count). The number of tetrazole rings is 1. The number of hydrogen-bond donors (Lipinski definition) is 0. The van der Waals surface area contributed by atoms with Crippen molar-refractivity contribution in [2.24, 2.45) is 0 Å². The third-order valence-electron chi connectivity index (χ3n) is 4.44. The Morgan fingerprint density at radius 1 is 1.07 bits per heavy atom. The third kappa shape index (κ3) is 4.42. The van der Waals surface area contributed by atoms with Crippen LogP contribution in [0.1, 0.15) is 43.6 Å². The second-order valence-corrected chi connectivity index (χ2v) is 8.83. The van der Waals surface area contributed by atoms with Crippen molar-refractivity contribution in [1.82, 2.24) is 20.2 Å². The summed E-state index contributed by atoms with van der Waals surface area (Å²) >= 11 is 1.34. The summed E-state index contributed by atoms with van der Waals surface area (Å²) in [6.07, 6.45) is 0. The second-order valence-electron chi connectivity index (χ2n) is 7.52. The zero-order valence-electron chi connectivity index (χ0n) is 16.7. The standard InChI is InChI=1S/C21H24N4O2S/c1-14(19(26)15-6-8-16(9-7-15)21(2,3)4)28-20-22-23-24-25(20)17-10-12-18(27-5)13-11-17/h6-14H,1-5H3/t14-/m1/s1. The molecule has 2 aromatic carbocycles. The van der Waals surface area contributed by atoms with Crippen molar-refractivity contribution in [1.29, 1.82) is 0 Å². The smallest absolute Gasteiger partial charge is 0.214 e. The van der Waals surface area contributed by atoms with Crippen molar-refractivity contribution < 1.29 is 9.53 Å². The molecule has 0 bridgehead atoms. The number of thioether (sulfide) groups is 1. The molecule has 0 saturated heterocycles. The molecule has 0 amide bonds. The van der Waals surface area contributed by atoms with Crippen LogP contribution in [0.25, 0.3) is 5.69 Å². The molecule has 0 unspecified atom stereocenters. The summed E-state index contributed by atoms with van der Waals surface area (Å²) in [6.45, 7) is 8.33. The molecular formula is C21H24N4O2S. The Balaban J connectivity index is 1.75. The lowest BCUT2D eigenvalue weighted by molar-refractivity contribution is 0.0994. The van der Waals surface area contributed by atoms with Crippen LogP contribution >= 0.6 is 11.8 Å². The molecule has 0 fully saturated rings. The van der Waals surface area contributed by atoms with Crippen LogP contribution in [0.4, 0.5) is 0 Å². The first kappa shape index (κ1) is 20.1. The molecule has 0 N–H and O–H groups in total. The summed E-state index contributed by atoms with van der Waals surface area (Å²) < 4.78 is 6.80. The highest BCUT2D eigenvalue weighted by Crippen LogP contribution is 2.27. The van der Waals surface area contributed by atoms with E-state index in [1.807, 2.05) is 55.5 Å². The molecular weight excluding hydrogens is 372 g/mol. The van der Waals surface area contributed by atoms with E-state index in [1.165, 1.54) is 17.3 Å². The van der Waals surface area contributed by atoms with E-state index in [0.717, 1.165) is 11.4 Å². The lowest BCUT2D eigenvalue weighted by atomic mass is 9.86. The van der Waals surface area contributed by atoms with E-state index in [9.17, 15) is 4.79 Å². The van der Waals surface area contributed by atoms with Gasteiger partial charge >= 0.3 is 0 Å². The number of Topliss-reactive ketones (excluding diaryl/α,β-unsaturated/α-hetero) is 1. The molecule has 146 valence electrons. The molecule has 0 radical (unpaired) electrons. The van der Waals surface area contributed by atoms with Crippen molar-refractivity contribution in [2.75, 3.05) is 7.11 Å². The molecule has 0 aliphatic rings. The predicted molar refractivity (Wildman–Crippen MR) is 110 cm³/mol. The van der Waals surface area contributed by atoms with Gasteiger partial charge in [0, 0.05) is 5.56 Å². The summed E-state index contributed by atoms with van der Waals surface area (Å²) in [5.41, 5.74) is 2.76. The van der Waals surface area contributed by atoms with Gasteiger partial charge in [-0.2, -0.15) is 4.68 Å². The van der Waals surface area contributed by atoms with Gasteiger partial charge < -0.3 is 4.74 Å². The van der Waals surface area contributed by atoms with Gasteiger partial charge in [-0.3, -0.25) is 4.79 Å². The van der Waals surface area contributed by atoms with Crippen molar-refractivity contribution in [3.05, 3.63) is 59.7 Å². The molecule has 7 heteroatoms. The number of nitrogens with zero attached hydrogens (tertiary/aromatic N) is 4. The topological polar surface area (TPSA) is 69.9 Å². The second kappa shape index (κ2) is 8.14. The molecule has 6 nitrogen and oxygen atoms in total. The van der Waals surface area contributed by atoms with Crippen molar-refractivity contribution in [3.63, 3.8) is 0 Å². The highest BCUT2D eigenvalue weighted by molar-refractivity contribution is 8.00. The fraction of sp³-hybridized carbons (Fsp3) is 0.333. The molecule has 0 aliphatic carbocycles. The van der Waals surface area contributed by atoms with Gasteiger partial charge in [-0.25, -0.2) is 0 Å². The van der Waals surface area contributed by atoms with Crippen LogP contribution in [0, 0.1) is 0 Å². The van der Waals surface area contributed by atoms with Crippen molar-refractivity contribution in [3.8, 4) is 11.4 Å². The van der Waals surface area contributed by atoms with Crippen LogP contribution in [-0.2, 0) is 5.41 Å². The molecule has 1 heterocycles. The maximum Gasteiger partial charge on any atom is 0.214 e. The number of rotatable bonds is 6. The Morgan fingerprint density at radius 2 is 1.71 bits per heavy atom. The number of hydrogen-bond acceptors (Lipinski definition) is 6. The van der Waals surface area contributed by atoms with Gasteiger partial charge in [-0.1, -0.05) is 56.8 Å². The monoisotopic (exact) mass is 396 g/mol. The number of carbonyl (C=O) groups is 1. The van der Waals surface area contributed by atoms with E-state index in [-0.39, 0.29) is 16.4 Å². The first-order valence-electron chi connectivity index (χ1n) is 9.04. The summed E-state index contributed by atoms with van der Waals surface area (Å²) in [7, 11) is 1.62. The number of methoxy groups -OCH3 is 1. The molecule has 0 saturated carbocycles. The summed E-state index contributed by atoms with van der Waals surface area (Å²) in [5, 5.41) is 12.1. The zero-order chi connectivity index (χ0) is 20.3. The highest BCUT2D eigenvalue weighted by Gasteiger charge is 2.21. The molecule has 0 spiro atoms. The van der Waals surface area contributed by atoms with Gasteiger partial charge in [0.25, 0.3) is 0 Å². The maximum atomic E-state index is 12.8. The summed E-state index contributed by atoms with van der Waals surface area (Å²) in [6, 6.07) is 15.3. The number of ketones is 1. The Hall–Kier alpha value is -2.67. The average molecular weight is 397 g/mol. The minimum absolute atomic E-state index is 0.0507.